The standard InChI is InChI=1S/C15H19BrN2O2/c1-10-6-5-7-11(13(10)16)15(20)18-9-4-3-8-12(18)14(19)17-2/h5-7,12H,3-4,8-9H2,1-2H3,(H,17,19). The number of likely N-dealkylation sites (tertiary alicyclic amines) is 1. The van der Waals surface area contributed by atoms with Crippen LogP contribution >= 0.6 is 15.9 Å². The molecule has 2 rings (SSSR count). The van der Waals surface area contributed by atoms with Gasteiger partial charge in [0.2, 0.25) is 5.91 Å². The fourth-order valence-electron chi connectivity index (χ4n) is 2.58. The molecular formula is C15H19BrN2O2. The Labute approximate surface area is 127 Å². The maximum absolute atomic E-state index is 12.7. The van der Waals surface area contributed by atoms with Crippen molar-refractivity contribution < 1.29 is 9.59 Å². The van der Waals surface area contributed by atoms with E-state index in [2.05, 4.69) is 21.2 Å². The third kappa shape index (κ3) is 2.87. The van der Waals surface area contributed by atoms with Gasteiger partial charge in [0.25, 0.3) is 5.91 Å². The summed E-state index contributed by atoms with van der Waals surface area (Å²) in [6, 6.07) is 5.27. The molecule has 0 saturated carbocycles. The minimum atomic E-state index is -0.353. The van der Waals surface area contributed by atoms with Crippen molar-refractivity contribution in [1.29, 1.82) is 0 Å². The highest BCUT2D eigenvalue weighted by Gasteiger charge is 2.32. The molecule has 1 aromatic rings. The van der Waals surface area contributed by atoms with Crippen LogP contribution in [-0.2, 0) is 4.79 Å². The molecule has 1 aliphatic rings. The van der Waals surface area contributed by atoms with Crippen molar-refractivity contribution in [2.24, 2.45) is 0 Å². The van der Waals surface area contributed by atoms with Gasteiger partial charge < -0.3 is 10.2 Å². The van der Waals surface area contributed by atoms with E-state index < -0.39 is 0 Å². The Bertz CT molecular complexity index is 531. The van der Waals surface area contributed by atoms with E-state index in [0.29, 0.717) is 12.1 Å². The van der Waals surface area contributed by atoms with Crippen LogP contribution < -0.4 is 5.32 Å². The van der Waals surface area contributed by atoms with E-state index in [-0.39, 0.29) is 17.9 Å². The number of hydrogen-bond acceptors (Lipinski definition) is 2. The van der Waals surface area contributed by atoms with Crippen LogP contribution in [0.2, 0.25) is 0 Å². The van der Waals surface area contributed by atoms with Crippen molar-refractivity contribution in [3.05, 3.63) is 33.8 Å². The first-order valence-corrected chi connectivity index (χ1v) is 7.63. The fourth-order valence-corrected chi connectivity index (χ4v) is 3.02. The van der Waals surface area contributed by atoms with E-state index in [1.807, 2.05) is 19.1 Å². The van der Waals surface area contributed by atoms with Gasteiger partial charge in [0, 0.05) is 18.1 Å². The summed E-state index contributed by atoms with van der Waals surface area (Å²) in [6.45, 7) is 2.59. The third-order valence-electron chi connectivity index (χ3n) is 3.73. The van der Waals surface area contributed by atoms with Crippen LogP contribution in [0.5, 0.6) is 0 Å². The Morgan fingerprint density at radius 1 is 1.35 bits per heavy atom. The Balaban J connectivity index is 2.30. The van der Waals surface area contributed by atoms with Gasteiger partial charge in [0.1, 0.15) is 6.04 Å². The zero-order valence-corrected chi connectivity index (χ0v) is 13.4. The van der Waals surface area contributed by atoms with Gasteiger partial charge in [0.15, 0.2) is 0 Å². The molecule has 1 heterocycles. The first kappa shape index (κ1) is 15.0. The monoisotopic (exact) mass is 338 g/mol. The minimum Gasteiger partial charge on any atom is -0.357 e. The molecule has 0 aromatic heterocycles. The number of benzene rings is 1. The normalized spacial score (nSPS) is 18.8. The molecule has 1 atom stereocenters. The molecule has 1 unspecified atom stereocenters. The summed E-state index contributed by atoms with van der Waals surface area (Å²) in [4.78, 5) is 26.4. The Morgan fingerprint density at radius 2 is 2.10 bits per heavy atom. The molecule has 1 N–H and O–H groups in total. The lowest BCUT2D eigenvalue weighted by Gasteiger charge is -2.34. The van der Waals surface area contributed by atoms with Gasteiger partial charge in [-0.3, -0.25) is 9.59 Å². The average molecular weight is 339 g/mol. The highest BCUT2D eigenvalue weighted by atomic mass is 79.9. The van der Waals surface area contributed by atoms with Crippen LogP contribution in [-0.4, -0.2) is 36.3 Å². The topological polar surface area (TPSA) is 49.4 Å². The molecule has 0 radical (unpaired) electrons. The van der Waals surface area contributed by atoms with E-state index in [4.69, 9.17) is 0 Å². The highest BCUT2D eigenvalue weighted by Crippen LogP contribution is 2.26. The predicted molar refractivity (Wildman–Crippen MR) is 81.6 cm³/mol. The second kappa shape index (κ2) is 6.39. The summed E-state index contributed by atoms with van der Waals surface area (Å²) in [5, 5.41) is 2.65. The van der Waals surface area contributed by atoms with Crippen molar-refractivity contribution in [2.45, 2.75) is 32.2 Å². The molecule has 5 heteroatoms. The number of piperidine rings is 1. The average Bonchev–Trinajstić information content (AvgIpc) is 2.48. The van der Waals surface area contributed by atoms with Gasteiger partial charge in [-0.25, -0.2) is 0 Å². The molecule has 4 nitrogen and oxygen atoms in total. The van der Waals surface area contributed by atoms with E-state index in [1.165, 1.54) is 0 Å². The van der Waals surface area contributed by atoms with Crippen LogP contribution in [0, 0.1) is 6.92 Å². The lowest BCUT2D eigenvalue weighted by atomic mass is 9.99. The third-order valence-corrected chi connectivity index (χ3v) is 4.79. The number of hydrogen-bond donors (Lipinski definition) is 1. The Kier molecular flexibility index (Phi) is 4.81. The van der Waals surface area contributed by atoms with Crippen molar-refractivity contribution in [2.75, 3.05) is 13.6 Å². The van der Waals surface area contributed by atoms with Crippen LogP contribution in [0.25, 0.3) is 0 Å². The second-order valence-corrected chi connectivity index (χ2v) is 5.85. The molecule has 108 valence electrons. The Morgan fingerprint density at radius 3 is 2.80 bits per heavy atom. The number of halogens is 1. The number of carbonyl (C=O) groups excluding carboxylic acids is 2. The fraction of sp³-hybridized carbons (Fsp3) is 0.467. The number of carbonyl (C=O) groups is 2. The van der Waals surface area contributed by atoms with Gasteiger partial charge in [-0.05, 0) is 53.7 Å². The quantitative estimate of drug-likeness (QED) is 0.900. The minimum absolute atomic E-state index is 0.0751. The van der Waals surface area contributed by atoms with Crippen LogP contribution in [0.3, 0.4) is 0 Å². The number of nitrogens with one attached hydrogen (secondary N) is 1. The maximum Gasteiger partial charge on any atom is 0.255 e. The predicted octanol–water partition coefficient (Wildman–Crippen LogP) is 2.50. The van der Waals surface area contributed by atoms with Gasteiger partial charge in [0.05, 0.1) is 5.56 Å². The molecule has 0 spiro atoms. The first-order chi connectivity index (χ1) is 9.56. The number of nitrogens with zero attached hydrogens (tertiary/aromatic N) is 1. The van der Waals surface area contributed by atoms with E-state index in [0.717, 1.165) is 29.3 Å². The summed E-state index contributed by atoms with van der Waals surface area (Å²) in [6.07, 6.45) is 2.66. The van der Waals surface area contributed by atoms with Gasteiger partial charge >= 0.3 is 0 Å². The lowest BCUT2D eigenvalue weighted by Crippen LogP contribution is -2.51. The van der Waals surface area contributed by atoms with Crippen LogP contribution in [0.4, 0.5) is 0 Å². The van der Waals surface area contributed by atoms with E-state index in [1.54, 1.807) is 18.0 Å². The van der Waals surface area contributed by atoms with Gasteiger partial charge in [-0.15, -0.1) is 0 Å². The van der Waals surface area contributed by atoms with E-state index >= 15 is 0 Å². The van der Waals surface area contributed by atoms with Crippen LogP contribution in [0.15, 0.2) is 22.7 Å². The van der Waals surface area contributed by atoms with E-state index in [9.17, 15) is 9.59 Å². The van der Waals surface area contributed by atoms with Gasteiger partial charge in [-0.2, -0.15) is 0 Å². The molecule has 0 aliphatic carbocycles. The van der Waals surface area contributed by atoms with Crippen molar-refractivity contribution in [1.82, 2.24) is 10.2 Å². The maximum atomic E-state index is 12.7. The summed E-state index contributed by atoms with van der Waals surface area (Å²) >= 11 is 3.47. The lowest BCUT2D eigenvalue weighted by molar-refractivity contribution is -0.126. The Hall–Kier alpha value is -1.36. The molecule has 2 amide bonds. The summed E-state index contributed by atoms with van der Waals surface area (Å²) in [7, 11) is 1.61. The van der Waals surface area contributed by atoms with Crippen LogP contribution in [0.1, 0.15) is 35.2 Å². The van der Waals surface area contributed by atoms with Crippen molar-refractivity contribution in [3.63, 3.8) is 0 Å². The first-order valence-electron chi connectivity index (χ1n) is 6.84. The highest BCUT2D eigenvalue weighted by molar-refractivity contribution is 9.10. The number of aryl methyl sites for hydroxylation is 1. The van der Waals surface area contributed by atoms with Crippen molar-refractivity contribution in [3.8, 4) is 0 Å². The number of likely N-dealkylation sites (N-methyl/N-ethyl adjacent to an activating group) is 1. The molecule has 1 saturated heterocycles. The molecular weight excluding hydrogens is 320 g/mol. The van der Waals surface area contributed by atoms with Crippen molar-refractivity contribution >= 4 is 27.7 Å². The summed E-state index contributed by atoms with van der Waals surface area (Å²) < 4.78 is 0.811. The number of rotatable bonds is 2. The molecule has 1 aliphatic heterocycles. The molecule has 1 aromatic carbocycles. The number of amides is 2. The second-order valence-electron chi connectivity index (χ2n) is 5.06. The largest absolute Gasteiger partial charge is 0.357 e. The molecule has 0 bridgehead atoms. The molecule has 20 heavy (non-hydrogen) atoms. The zero-order chi connectivity index (χ0) is 14.7. The summed E-state index contributed by atoms with van der Waals surface area (Å²) in [5.74, 6) is -0.157. The zero-order valence-electron chi connectivity index (χ0n) is 11.8. The van der Waals surface area contributed by atoms with Gasteiger partial charge in [-0.1, -0.05) is 12.1 Å². The summed E-state index contributed by atoms with van der Waals surface area (Å²) in [5.41, 5.74) is 1.64. The smallest absolute Gasteiger partial charge is 0.255 e. The molecule has 1 fully saturated rings. The SMILES string of the molecule is CNC(=O)C1CCCCN1C(=O)c1cccc(C)c1Br.